The fraction of sp³-hybridized carbons (Fsp3) is 0.333. The number of nitrogens with zero attached hydrogens (tertiary/aromatic N) is 3. The van der Waals surface area contributed by atoms with Gasteiger partial charge in [-0.25, -0.2) is 13.1 Å². The zero-order valence-electron chi connectivity index (χ0n) is 11.0. The van der Waals surface area contributed by atoms with Gasteiger partial charge >= 0.3 is 11.7 Å². The van der Waals surface area contributed by atoms with Crippen molar-refractivity contribution in [1.29, 1.82) is 0 Å². The Morgan fingerprint density at radius 3 is 2.71 bits per heavy atom. The Kier molecular flexibility index (Phi) is 4.09. The number of anilines is 2. The Balaban J connectivity index is 2.35. The number of sulfonamides is 1. The van der Waals surface area contributed by atoms with Crippen LogP contribution in [0.3, 0.4) is 0 Å². The van der Waals surface area contributed by atoms with Crippen LogP contribution in [-0.4, -0.2) is 30.1 Å². The summed E-state index contributed by atoms with van der Waals surface area (Å²) in [6, 6.07) is 0.683. The fourth-order valence-electron chi connectivity index (χ4n) is 1.42. The molecule has 0 saturated heterocycles. The molecule has 12 heteroatoms. The van der Waals surface area contributed by atoms with Crippen molar-refractivity contribution in [3.8, 4) is 0 Å². The predicted molar refractivity (Wildman–Crippen MR) is 75.0 cm³/mol. The number of aromatic nitrogens is 2. The minimum Gasteiger partial charge on any atom is -0.408 e. The second-order valence-electron chi connectivity index (χ2n) is 3.80. The topological polar surface area (TPSA) is 140 Å². The molecule has 2 aromatic rings. The first-order chi connectivity index (χ1) is 9.83. The van der Waals surface area contributed by atoms with Crippen LogP contribution in [0.4, 0.5) is 16.7 Å². The number of thiophene rings is 1. The van der Waals surface area contributed by atoms with Crippen molar-refractivity contribution >= 4 is 38.1 Å². The molecule has 2 N–H and O–H groups in total. The summed E-state index contributed by atoms with van der Waals surface area (Å²) in [6.45, 7) is 3.68. The zero-order valence-corrected chi connectivity index (χ0v) is 12.6. The molecular weight excluding hydrogens is 322 g/mol. The predicted octanol–water partition coefficient (Wildman–Crippen LogP) is 1.58. The van der Waals surface area contributed by atoms with Gasteiger partial charge in [-0.15, -0.1) is 5.10 Å². The second-order valence-corrected chi connectivity index (χ2v) is 6.76. The molecule has 0 aliphatic rings. The van der Waals surface area contributed by atoms with E-state index in [-0.39, 0.29) is 26.8 Å². The highest BCUT2D eigenvalue weighted by molar-refractivity contribution is 7.94. The molecule has 2 heterocycles. The van der Waals surface area contributed by atoms with Crippen molar-refractivity contribution in [2.24, 2.45) is 0 Å². The maximum Gasteiger partial charge on any atom is 0.329 e. The van der Waals surface area contributed by atoms with Gasteiger partial charge in [-0.2, -0.15) is 0 Å². The van der Waals surface area contributed by atoms with Crippen molar-refractivity contribution in [3.05, 3.63) is 22.1 Å². The monoisotopic (exact) mass is 333 g/mol. The first-order valence-electron chi connectivity index (χ1n) is 5.68. The van der Waals surface area contributed by atoms with E-state index in [4.69, 9.17) is 4.42 Å². The summed E-state index contributed by atoms with van der Waals surface area (Å²) in [5, 5.41) is 20.8. The van der Waals surface area contributed by atoms with Crippen LogP contribution in [0.1, 0.15) is 12.8 Å². The number of nitrogens with one attached hydrogen (secondary N) is 2. The summed E-state index contributed by atoms with van der Waals surface area (Å²) in [5.74, 6) is 0.193. The summed E-state index contributed by atoms with van der Waals surface area (Å²) in [5.41, 5.74) is -0.302. The van der Waals surface area contributed by atoms with Gasteiger partial charge in [0.15, 0.2) is 5.00 Å². The molecule has 0 amide bonds. The van der Waals surface area contributed by atoms with E-state index >= 15 is 0 Å². The van der Waals surface area contributed by atoms with E-state index < -0.39 is 14.9 Å². The maximum atomic E-state index is 12.1. The van der Waals surface area contributed by atoms with Crippen molar-refractivity contribution in [2.75, 3.05) is 16.6 Å². The van der Waals surface area contributed by atoms with E-state index in [0.29, 0.717) is 6.54 Å². The van der Waals surface area contributed by atoms with Crippen LogP contribution in [0.5, 0.6) is 0 Å². The molecule has 0 aliphatic carbocycles. The van der Waals surface area contributed by atoms with E-state index in [1.54, 1.807) is 6.92 Å². The Hall–Kier alpha value is -2.21. The Morgan fingerprint density at radius 1 is 1.48 bits per heavy atom. The van der Waals surface area contributed by atoms with Gasteiger partial charge in [0.25, 0.3) is 10.0 Å². The molecule has 10 nitrogen and oxygen atoms in total. The highest BCUT2D eigenvalue weighted by Gasteiger charge is 2.27. The molecule has 0 aliphatic heterocycles. The summed E-state index contributed by atoms with van der Waals surface area (Å²) in [7, 11) is -4.03. The van der Waals surface area contributed by atoms with E-state index in [1.165, 1.54) is 6.92 Å². The summed E-state index contributed by atoms with van der Waals surface area (Å²) in [6.07, 6.45) is 0. The smallest absolute Gasteiger partial charge is 0.329 e. The van der Waals surface area contributed by atoms with Crippen molar-refractivity contribution in [2.45, 2.75) is 18.1 Å². The third-order valence-electron chi connectivity index (χ3n) is 2.24. The van der Waals surface area contributed by atoms with E-state index in [9.17, 15) is 18.5 Å². The number of rotatable bonds is 6. The minimum absolute atomic E-state index is 0.171. The van der Waals surface area contributed by atoms with Gasteiger partial charge in [0.05, 0.1) is 4.92 Å². The van der Waals surface area contributed by atoms with Gasteiger partial charge in [0.2, 0.25) is 5.89 Å². The molecule has 2 aromatic heterocycles. The largest absolute Gasteiger partial charge is 0.408 e. The molecule has 21 heavy (non-hydrogen) atoms. The molecule has 0 unspecified atom stereocenters. The van der Waals surface area contributed by atoms with Crippen LogP contribution in [0.25, 0.3) is 0 Å². The standard InChI is InChI=1S/C9H11N5O5S2/c1-3-10-8-6(14(15)16)4-7(20-8)21(17,18)13-9-12-11-5(2)19-9/h4,10H,3H2,1-2H3,(H,12,13). The summed E-state index contributed by atoms with van der Waals surface area (Å²) in [4.78, 5) is 10.3. The zero-order chi connectivity index (χ0) is 15.6. The first kappa shape index (κ1) is 15.2. The number of hydrogen-bond acceptors (Lipinski definition) is 9. The van der Waals surface area contributed by atoms with Crippen LogP contribution >= 0.6 is 11.3 Å². The third kappa shape index (κ3) is 3.28. The molecule has 2 rings (SSSR count). The van der Waals surface area contributed by atoms with Crippen molar-refractivity contribution < 1.29 is 17.8 Å². The number of hydrogen-bond donors (Lipinski definition) is 2. The first-order valence-corrected chi connectivity index (χ1v) is 7.98. The van der Waals surface area contributed by atoms with Crippen LogP contribution < -0.4 is 10.0 Å². The lowest BCUT2D eigenvalue weighted by molar-refractivity contribution is -0.383. The van der Waals surface area contributed by atoms with E-state index in [1.807, 2.05) is 0 Å². The van der Waals surface area contributed by atoms with Gasteiger partial charge in [-0.1, -0.05) is 16.4 Å². The average Bonchev–Trinajstić information content (AvgIpc) is 2.96. The lowest BCUT2D eigenvalue weighted by atomic mass is 10.5. The van der Waals surface area contributed by atoms with Gasteiger partial charge in [-0.05, 0) is 6.92 Å². The molecule has 0 atom stereocenters. The lowest BCUT2D eigenvalue weighted by Gasteiger charge is -1.99. The lowest BCUT2D eigenvalue weighted by Crippen LogP contribution is -2.11. The second kappa shape index (κ2) is 5.65. The molecule has 0 fully saturated rings. The SMILES string of the molecule is CCNc1sc(S(=O)(=O)Nc2nnc(C)o2)cc1[N+](=O)[O-]. The number of nitro groups is 1. The maximum absolute atomic E-state index is 12.1. The summed E-state index contributed by atoms with van der Waals surface area (Å²) < 4.78 is 31.0. The molecule has 114 valence electrons. The van der Waals surface area contributed by atoms with Crippen molar-refractivity contribution in [1.82, 2.24) is 10.2 Å². The normalized spacial score (nSPS) is 11.3. The van der Waals surface area contributed by atoms with E-state index in [0.717, 1.165) is 17.4 Å². The van der Waals surface area contributed by atoms with Gasteiger partial charge in [0, 0.05) is 19.5 Å². The Labute approximate surface area is 123 Å². The average molecular weight is 333 g/mol. The summed E-state index contributed by atoms with van der Waals surface area (Å²) >= 11 is 0.752. The van der Waals surface area contributed by atoms with Crippen LogP contribution in [0, 0.1) is 17.0 Å². The Morgan fingerprint density at radius 2 is 2.19 bits per heavy atom. The highest BCUT2D eigenvalue weighted by Crippen LogP contribution is 2.37. The minimum atomic E-state index is -4.03. The van der Waals surface area contributed by atoms with Crippen LogP contribution in [-0.2, 0) is 10.0 Å². The van der Waals surface area contributed by atoms with Gasteiger partial charge < -0.3 is 9.73 Å². The molecule has 0 bridgehead atoms. The molecular formula is C9H11N5O5S2. The Bertz CT molecular complexity index is 765. The third-order valence-corrected chi connectivity index (χ3v) is 5.11. The molecule has 0 saturated carbocycles. The quantitative estimate of drug-likeness (QED) is 0.599. The number of aryl methyl sites for hydroxylation is 1. The fourth-order valence-corrected chi connectivity index (χ4v) is 3.74. The van der Waals surface area contributed by atoms with Gasteiger partial charge in [-0.3, -0.25) is 10.1 Å². The highest BCUT2D eigenvalue weighted by atomic mass is 32.2. The van der Waals surface area contributed by atoms with Crippen LogP contribution in [0.2, 0.25) is 0 Å². The van der Waals surface area contributed by atoms with Crippen molar-refractivity contribution in [3.63, 3.8) is 0 Å². The molecule has 0 spiro atoms. The van der Waals surface area contributed by atoms with Gasteiger partial charge in [0.1, 0.15) is 4.21 Å². The van der Waals surface area contributed by atoms with E-state index in [2.05, 4.69) is 20.2 Å². The molecule has 0 aromatic carbocycles. The van der Waals surface area contributed by atoms with Crippen LogP contribution in [0.15, 0.2) is 14.7 Å². The molecule has 0 radical (unpaired) electrons.